The summed E-state index contributed by atoms with van der Waals surface area (Å²) in [5, 5.41) is 0. The van der Waals surface area contributed by atoms with E-state index in [4.69, 9.17) is 16.3 Å². The van der Waals surface area contributed by atoms with Gasteiger partial charge in [0.25, 0.3) is 5.82 Å². The van der Waals surface area contributed by atoms with E-state index in [9.17, 15) is 17.8 Å². The highest BCUT2D eigenvalue weighted by Crippen LogP contribution is 2.20. The topological polar surface area (TPSA) is 152 Å². The Kier molecular flexibility index (Phi) is 7.32. The van der Waals surface area contributed by atoms with E-state index in [1.807, 2.05) is 13.0 Å². The highest BCUT2D eigenvalue weighted by Gasteiger charge is 2.16. The summed E-state index contributed by atoms with van der Waals surface area (Å²) in [6, 6.07) is 13.4. The third-order valence-electron chi connectivity index (χ3n) is 4.23. The summed E-state index contributed by atoms with van der Waals surface area (Å²) in [5.41, 5.74) is 8.09. The number of rotatable bonds is 3. The zero-order valence-corrected chi connectivity index (χ0v) is 18.4. The smallest absolute Gasteiger partial charge is 0.345 e. The third kappa shape index (κ3) is 6.24. The number of nitrogens with two attached hydrogens (primary N) is 2. The molecule has 0 saturated heterocycles. The maximum atomic E-state index is 11.8. The van der Waals surface area contributed by atoms with Crippen molar-refractivity contribution in [2.75, 3.05) is 11.6 Å². The normalized spacial score (nSPS) is 10.7. The monoisotopic (exact) mass is 444 g/mol. The van der Waals surface area contributed by atoms with Crippen molar-refractivity contribution in [1.82, 2.24) is 4.98 Å². The van der Waals surface area contributed by atoms with Gasteiger partial charge in [-0.25, -0.2) is 13.2 Å². The Morgan fingerprint density at radius 3 is 2.06 bits per heavy atom. The second-order valence-corrected chi connectivity index (χ2v) is 8.19. The van der Waals surface area contributed by atoms with Crippen molar-refractivity contribution in [2.24, 2.45) is 0 Å². The van der Waals surface area contributed by atoms with Gasteiger partial charge in [0.2, 0.25) is 5.82 Å². The average Bonchev–Trinajstić information content (AvgIpc) is 2.65. The molecule has 0 radical (unpaired) electrons. The molecule has 0 aliphatic carbocycles. The highest BCUT2D eigenvalue weighted by molar-refractivity contribution is 7.85. The Balaban J connectivity index is 0.000000233. The van der Waals surface area contributed by atoms with E-state index >= 15 is 0 Å². The Hall–Kier alpha value is -3.50. The van der Waals surface area contributed by atoms with Crippen molar-refractivity contribution in [1.29, 1.82) is 0 Å². The van der Waals surface area contributed by atoms with Crippen molar-refractivity contribution in [3.63, 3.8) is 0 Å². The van der Waals surface area contributed by atoms with E-state index < -0.39 is 16.1 Å². The minimum absolute atomic E-state index is 0.0851. The van der Waals surface area contributed by atoms with Gasteiger partial charge in [0.1, 0.15) is 10.1 Å². The number of esters is 1. The first-order chi connectivity index (χ1) is 14.4. The predicted octanol–water partition coefficient (Wildman–Crippen LogP) is 1.71. The Labute approximate surface area is 181 Å². The van der Waals surface area contributed by atoms with E-state index in [0.717, 1.165) is 5.56 Å². The van der Waals surface area contributed by atoms with Crippen LogP contribution in [-0.2, 0) is 10.1 Å². The molecule has 4 N–H and O–H groups in total. The first-order valence-corrected chi connectivity index (χ1v) is 10.6. The Morgan fingerprint density at radius 2 is 1.58 bits per heavy atom. The van der Waals surface area contributed by atoms with Crippen LogP contribution in [0.1, 0.15) is 32.9 Å². The van der Waals surface area contributed by atoms with Gasteiger partial charge in [-0.15, -0.1) is 4.68 Å². The van der Waals surface area contributed by atoms with Crippen LogP contribution in [0.3, 0.4) is 0 Å². The summed E-state index contributed by atoms with van der Waals surface area (Å²) in [5.74, 6) is 5.93. The fraction of sp³-hybridized carbons (Fsp3) is 0.190. The number of hydrogen-bond acceptors (Lipinski definition) is 8. The van der Waals surface area contributed by atoms with Crippen LogP contribution in [0.2, 0.25) is 0 Å². The molecule has 0 atom stereocenters. The van der Waals surface area contributed by atoms with Crippen molar-refractivity contribution in [2.45, 2.75) is 32.6 Å². The number of aromatic nitrogens is 2. The number of hydrogen-bond donors (Lipinski definition) is 2. The summed E-state index contributed by atoms with van der Waals surface area (Å²) in [6.45, 7) is 6.78. The van der Waals surface area contributed by atoms with E-state index in [1.54, 1.807) is 57.2 Å². The van der Waals surface area contributed by atoms with E-state index in [0.29, 0.717) is 22.5 Å². The van der Waals surface area contributed by atoms with Crippen LogP contribution >= 0.6 is 0 Å². The maximum absolute atomic E-state index is 11.8. The molecule has 164 valence electrons. The molecule has 1 heterocycles. The van der Waals surface area contributed by atoms with Crippen LogP contribution < -0.4 is 21.0 Å². The number of anilines is 1. The van der Waals surface area contributed by atoms with E-state index in [2.05, 4.69) is 4.98 Å². The molecule has 0 spiro atoms. The van der Waals surface area contributed by atoms with Crippen molar-refractivity contribution in [3.05, 3.63) is 76.6 Å². The molecule has 1 aromatic heterocycles. The molecule has 0 aliphatic rings. The largest absolute Gasteiger partial charge is 0.744 e. The van der Waals surface area contributed by atoms with Crippen LogP contribution in [0, 0.1) is 27.7 Å². The molecule has 0 aliphatic heterocycles. The lowest BCUT2D eigenvalue weighted by Crippen LogP contribution is -2.50. The fourth-order valence-electron chi connectivity index (χ4n) is 2.97. The lowest BCUT2D eigenvalue weighted by molar-refractivity contribution is -0.634. The van der Waals surface area contributed by atoms with Crippen LogP contribution in [0.5, 0.6) is 5.88 Å². The van der Waals surface area contributed by atoms with Crippen LogP contribution in [0.15, 0.2) is 53.4 Å². The molecule has 10 heteroatoms. The molecule has 0 fully saturated rings. The highest BCUT2D eigenvalue weighted by atomic mass is 32.2. The van der Waals surface area contributed by atoms with Crippen molar-refractivity contribution in [3.8, 4) is 5.88 Å². The SMILES string of the molecule is Cc1cc(C)c(S(=O)(=O)[O-])c(C)c1.Cc1nc(OC(=O)c2ccccc2)cc(N)[n+]1N. The summed E-state index contributed by atoms with van der Waals surface area (Å²) >= 11 is 0. The predicted molar refractivity (Wildman–Crippen MR) is 114 cm³/mol. The first-order valence-electron chi connectivity index (χ1n) is 9.15. The van der Waals surface area contributed by atoms with Gasteiger partial charge in [0.15, 0.2) is 0 Å². The van der Waals surface area contributed by atoms with Gasteiger partial charge >= 0.3 is 11.8 Å². The van der Waals surface area contributed by atoms with Crippen molar-refractivity contribution < 1.29 is 27.2 Å². The van der Waals surface area contributed by atoms with Gasteiger partial charge in [-0.1, -0.05) is 40.9 Å². The Bertz CT molecular complexity index is 1170. The summed E-state index contributed by atoms with van der Waals surface area (Å²) < 4.78 is 38.8. The molecule has 31 heavy (non-hydrogen) atoms. The third-order valence-corrected chi connectivity index (χ3v) is 5.38. The van der Waals surface area contributed by atoms with Gasteiger partial charge < -0.3 is 15.0 Å². The van der Waals surface area contributed by atoms with Crippen molar-refractivity contribution >= 4 is 21.9 Å². The first kappa shape index (κ1) is 23.8. The minimum atomic E-state index is -4.33. The maximum Gasteiger partial charge on any atom is 0.345 e. The number of aryl methyl sites for hydroxylation is 4. The standard InChI is InChI=1S/C12H12N4O2.C9H12O3S/c1-8-15-11(7-10(13)16(8)14)18-12(17)9-5-3-2-4-6-9;1-6-4-7(2)9(8(3)5-6)13(10,11)12/h2-7,13H,14H2,1H3;4-5H,1-3H3,(H,10,11,12). The van der Waals surface area contributed by atoms with Crippen LogP contribution in [0.25, 0.3) is 0 Å². The number of benzene rings is 2. The summed E-state index contributed by atoms with van der Waals surface area (Å²) in [6.07, 6.45) is 0. The molecule has 3 rings (SSSR count). The molecular weight excluding hydrogens is 420 g/mol. The zero-order valence-electron chi connectivity index (χ0n) is 17.6. The molecule has 9 nitrogen and oxygen atoms in total. The molecule has 0 saturated carbocycles. The second kappa shape index (κ2) is 9.54. The summed E-state index contributed by atoms with van der Waals surface area (Å²) in [7, 11) is -4.33. The van der Waals surface area contributed by atoms with Crippen LogP contribution in [-0.4, -0.2) is 23.9 Å². The average molecular weight is 445 g/mol. The van der Waals surface area contributed by atoms with Crippen LogP contribution in [0.4, 0.5) is 5.82 Å². The summed E-state index contributed by atoms with van der Waals surface area (Å²) in [4.78, 5) is 15.7. The molecular formula is C21H24N4O5S. The van der Waals surface area contributed by atoms with Gasteiger partial charge in [-0.3, -0.25) is 5.84 Å². The van der Waals surface area contributed by atoms with Gasteiger partial charge in [0.05, 0.1) is 16.5 Å². The van der Waals surface area contributed by atoms with E-state index in [1.165, 1.54) is 10.7 Å². The minimum Gasteiger partial charge on any atom is -0.744 e. The van der Waals surface area contributed by atoms with Gasteiger partial charge in [-0.05, 0) is 44.0 Å². The number of nitrogens with zero attached hydrogens (tertiary/aromatic N) is 2. The lowest BCUT2D eigenvalue weighted by Gasteiger charge is -2.14. The molecule has 2 aromatic carbocycles. The molecule has 0 bridgehead atoms. The lowest BCUT2D eigenvalue weighted by atomic mass is 10.1. The number of nitrogen functional groups attached to an aromatic ring is 2. The number of carbonyl (C=O) groups is 1. The molecule has 0 amide bonds. The fourth-order valence-corrected chi connectivity index (χ4v) is 3.88. The number of ether oxygens (including phenoxy) is 1. The molecule has 0 unspecified atom stereocenters. The zero-order chi connectivity index (χ0) is 23.3. The number of carbonyl (C=O) groups excluding carboxylic acids is 1. The quantitative estimate of drug-likeness (QED) is 0.268. The Morgan fingerprint density at radius 1 is 1.03 bits per heavy atom. The van der Waals surface area contributed by atoms with Gasteiger partial charge in [-0.2, -0.15) is 0 Å². The van der Waals surface area contributed by atoms with E-state index in [-0.39, 0.29) is 16.6 Å². The molecule has 3 aromatic rings. The second-order valence-electron chi connectivity index (χ2n) is 6.87. The van der Waals surface area contributed by atoms with Gasteiger partial charge in [0, 0.05) is 6.92 Å².